The first-order valence-corrected chi connectivity index (χ1v) is 13.9. The van der Waals surface area contributed by atoms with Gasteiger partial charge >= 0.3 is 0 Å². The van der Waals surface area contributed by atoms with Gasteiger partial charge in [-0.1, -0.05) is 65.7 Å². The molecule has 0 aromatic heterocycles. The average molecular weight is 563 g/mol. The minimum atomic E-state index is -4.17. The van der Waals surface area contributed by atoms with Crippen LogP contribution in [-0.4, -0.2) is 43.8 Å². The highest BCUT2D eigenvalue weighted by atomic mass is 35.5. The third-order valence-electron chi connectivity index (χ3n) is 5.57. The van der Waals surface area contributed by atoms with Crippen molar-refractivity contribution in [1.29, 1.82) is 0 Å². The molecule has 3 aromatic rings. The van der Waals surface area contributed by atoms with Crippen molar-refractivity contribution in [2.45, 2.75) is 44.3 Å². The van der Waals surface area contributed by atoms with Crippen LogP contribution in [0.1, 0.15) is 26.3 Å². The van der Waals surface area contributed by atoms with Crippen LogP contribution in [0.3, 0.4) is 0 Å². The molecule has 0 saturated carbocycles. The number of halogens is 2. The number of anilines is 1. The Labute approximate surface area is 228 Å². The second kappa shape index (κ2) is 12.4. The lowest BCUT2D eigenvalue weighted by molar-refractivity contribution is -0.139. The van der Waals surface area contributed by atoms with Gasteiger partial charge in [0.05, 0.1) is 15.6 Å². The van der Waals surface area contributed by atoms with Crippen molar-refractivity contribution in [2.24, 2.45) is 0 Å². The molecule has 2 amide bonds. The quantitative estimate of drug-likeness (QED) is 0.371. The topological polar surface area (TPSA) is 86.8 Å². The van der Waals surface area contributed by atoms with Crippen LogP contribution >= 0.6 is 23.2 Å². The fraction of sp³-hybridized carbons (Fsp3) is 0.259. The molecule has 0 aliphatic carbocycles. The van der Waals surface area contributed by atoms with E-state index in [1.54, 1.807) is 67.6 Å². The van der Waals surface area contributed by atoms with Gasteiger partial charge < -0.3 is 10.2 Å². The molecule has 0 saturated heterocycles. The third-order valence-corrected chi connectivity index (χ3v) is 7.90. The third kappa shape index (κ3) is 7.25. The minimum absolute atomic E-state index is 0.00899. The van der Waals surface area contributed by atoms with Crippen molar-refractivity contribution in [2.75, 3.05) is 10.8 Å². The van der Waals surface area contributed by atoms with E-state index in [1.165, 1.54) is 23.1 Å². The largest absolute Gasteiger partial charge is 0.352 e. The molecule has 1 N–H and O–H groups in total. The number of benzene rings is 3. The maximum Gasteiger partial charge on any atom is 0.264 e. The molecule has 0 heterocycles. The van der Waals surface area contributed by atoms with Gasteiger partial charge in [-0.25, -0.2) is 8.42 Å². The van der Waals surface area contributed by atoms with E-state index >= 15 is 0 Å². The predicted molar refractivity (Wildman–Crippen MR) is 147 cm³/mol. The zero-order valence-electron chi connectivity index (χ0n) is 20.8. The standard InChI is InChI=1S/C27H29Cl2N3O4S/c1-19(2)30-27(34)20(3)31(17-21-10-9-11-22(28)16-21)26(33)18-32(25-15-8-7-14-24(25)29)37(35,36)23-12-5-4-6-13-23/h4-16,19-20H,17-18H2,1-3H3,(H,30,34)/t20-/m1/s1. The monoisotopic (exact) mass is 561 g/mol. The van der Waals surface area contributed by atoms with E-state index in [2.05, 4.69) is 5.32 Å². The van der Waals surface area contributed by atoms with E-state index in [4.69, 9.17) is 23.2 Å². The summed E-state index contributed by atoms with van der Waals surface area (Å²) in [6, 6.07) is 20.1. The number of hydrogen-bond donors (Lipinski definition) is 1. The first kappa shape index (κ1) is 28.5. The smallest absolute Gasteiger partial charge is 0.264 e. The van der Waals surface area contributed by atoms with Crippen LogP contribution in [0.15, 0.2) is 83.8 Å². The number of carbonyl (C=O) groups is 2. The summed E-state index contributed by atoms with van der Waals surface area (Å²) in [5, 5.41) is 3.46. The van der Waals surface area contributed by atoms with E-state index < -0.39 is 28.5 Å². The van der Waals surface area contributed by atoms with Crippen molar-refractivity contribution in [3.8, 4) is 0 Å². The molecule has 0 spiro atoms. The summed E-state index contributed by atoms with van der Waals surface area (Å²) >= 11 is 12.5. The predicted octanol–water partition coefficient (Wildman–Crippen LogP) is 5.13. The summed E-state index contributed by atoms with van der Waals surface area (Å²) in [6.45, 7) is 4.72. The lowest BCUT2D eigenvalue weighted by atomic mass is 10.1. The SMILES string of the molecule is CC(C)NC(=O)[C@@H](C)N(Cc1cccc(Cl)c1)C(=O)CN(c1ccccc1Cl)S(=O)(=O)c1ccccc1. The molecule has 3 aromatic carbocycles. The van der Waals surface area contributed by atoms with Crippen molar-refractivity contribution >= 4 is 50.7 Å². The zero-order chi connectivity index (χ0) is 27.2. The van der Waals surface area contributed by atoms with Gasteiger partial charge in [-0.05, 0) is 62.7 Å². The van der Waals surface area contributed by atoms with Gasteiger partial charge in [-0.15, -0.1) is 0 Å². The second-order valence-corrected chi connectivity index (χ2v) is 11.5. The lowest BCUT2D eigenvalue weighted by Gasteiger charge is -2.32. The second-order valence-electron chi connectivity index (χ2n) is 8.77. The molecule has 1 atom stereocenters. The Morgan fingerprint density at radius 2 is 1.54 bits per heavy atom. The number of carbonyl (C=O) groups excluding carboxylic acids is 2. The van der Waals surface area contributed by atoms with E-state index in [0.29, 0.717) is 10.6 Å². The average Bonchev–Trinajstić information content (AvgIpc) is 2.86. The summed E-state index contributed by atoms with van der Waals surface area (Å²) in [5.74, 6) is -0.939. The molecule has 0 radical (unpaired) electrons. The zero-order valence-corrected chi connectivity index (χ0v) is 23.1. The van der Waals surface area contributed by atoms with Gasteiger partial charge in [0.2, 0.25) is 11.8 Å². The summed E-state index contributed by atoms with van der Waals surface area (Å²) in [4.78, 5) is 28.1. The van der Waals surface area contributed by atoms with Gasteiger partial charge in [-0.2, -0.15) is 0 Å². The number of amides is 2. The molecule has 7 nitrogen and oxygen atoms in total. The Kier molecular flexibility index (Phi) is 9.59. The van der Waals surface area contributed by atoms with E-state index in [0.717, 1.165) is 4.31 Å². The van der Waals surface area contributed by atoms with Gasteiger partial charge in [0.25, 0.3) is 10.0 Å². The number of para-hydroxylation sites is 1. The molecule has 0 fully saturated rings. The van der Waals surface area contributed by atoms with Crippen molar-refractivity contribution in [3.63, 3.8) is 0 Å². The van der Waals surface area contributed by atoms with Crippen molar-refractivity contribution in [1.82, 2.24) is 10.2 Å². The highest BCUT2D eigenvalue weighted by molar-refractivity contribution is 7.92. The molecule has 3 rings (SSSR count). The van der Waals surface area contributed by atoms with Crippen LogP contribution in [0, 0.1) is 0 Å². The van der Waals surface area contributed by atoms with Gasteiger partial charge in [-0.3, -0.25) is 13.9 Å². The fourth-order valence-electron chi connectivity index (χ4n) is 3.71. The number of nitrogens with one attached hydrogen (secondary N) is 1. The minimum Gasteiger partial charge on any atom is -0.352 e. The molecule has 37 heavy (non-hydrogen) atoms. The highest BCUT2D eigenvalue weighted by Gasteiger charge is 2.33. The Morgan fingerprint density at radius 3 is 2.16 bits per heavy atom. The van der Waals surface area contributed by atoms with E-state index in [9.17, 15) is 18.0 Å². The first-order chi connectivity index (χ1) is 17.5. The maximum atomic E-state index is 13.8. The number of sulfonamides is 1. The first-order valence-electron chi connectivity index (χ1n) is 11.7. The van der Waals surface area contributed by atoms with Gasteiger partial charge in [0.1, 0.15) is 12.6 Å². The molecule has 0 bridgehead atoms. The Hall–Kier alpha value is -3.07. The molecular weight excluding hydrogens is 533 g/mol. The van der Waals surface area contributed by atoms with Gasteiger partial charge in [0.15, 0.2) is 0 Å². The molecule has 0 aliphatic rings. The van der Waals surface area contributed by atoms with Gasteiger partial charge in [0, 0.05) is 17.6 Å². The summed E-state index contributed by atoms with van der Waals surface area (Å²) < 4.78 is 28.4. The van der Waals surface area contributed by atoms with Crippen LogP contribution < -0.4 is 9.62 Å². The Balaban J connectivity index is 2.03. The van der Waals surface area contributed by atoms with E-state index in [-0.39, 0.29) is 34.1 Å². The number of nitrogens with zero attached hydrogens (tertiary/aromatic N) is 2. The molecule has 0 unspecified atom stereocenters. The lowest BCUT2D eigenvalue weighted by Crippen LogP contribution is -2.52. The van der Waals surface area contributed by atoms with Crippen LogP contribution in [0.5, 0.6) is 0 Å². The Bertz CT molecular complexity index is 1350. The summed E-state index contributed by atoms with van der Waals surface area (Å²) in [6.07, 6.45) is 0. The van der Waals surface area contributed by atoms with Crippen LogP contribution in [-0.2, 0) is 26.2 Å². The van der Waals surface area contributed by atoms with Crippen LogP contribution in [0.25, 0.3) is 0 Å². The van der Waals surface area contributed by atoms with Crippen LogP contribution in [0.4, 0.5) is 5.69 Å². The fourth-order valence-corrected chi connectivity index (χ4v) is 5.66. The van der Waals surface area contributed by atoms with Crippen molar-refractivity contribution < 1.29 is 18.0 Å². The van der Waals surface area contributed by atoms with E-state index in [1.807, 2.05) is 13.8 Å². The normalized spacial score (nSPS) is 12.2. The molecule has 0 aliphatic heterocycles. The summed E-state index contributed by atoms with van der Waals surface area (Å²) in [5.41, 5.74) is 0.851. The highest BCUT2D eigenvalue weighted by Crippen LogP contribution is 2.30. The summed E-state index contributed by atoms with van der Waals surface area (Å²) in [7, 11) is -4.17. The number of rotatable bonds is 10. The van der Waals surface area contributed by atoms with Crippen LogP contribution in [0.2, 0.25) is 10.0 Å². The Morgan fingerprint density at radius 1 is 0.892 bits per heavy atom. The molecule has 10 heteroatoms. The van der Waals surface area contributed by atoms with Crippen molar-refractivity contribution in [3.05, 3.63) is 94.5 Å². The number of hydrogen-bond acceptors (Lipinski definition) is 4. The maximum absolute atomic E-state index is 13.8. The molecule has 196 valence electrons. The molecular formula is C27H29Cl2N3O4S.